The first kappa shape index (κ1) is 18.3. The highest BCUT2D eigenvalue weighted by Gasteiger charge is 2.14. The molecule has 2 amide bonds. The van der Waals surface area contributed by atoms with Crippen molar-refractivity contribution in [3.05, 3.63) is 59.9 Å². The van der Waals surface area contributed by atoms with Gasteiger partial charge in [0.25, 0.3) is 0 Å². The lowest BCUT2D eigenvalue weighted by atomic mass is 10.1. The van der Waals surface area contributed by atoms with Crippen molar-refractivity contribution < 1.29 is 18.8 Å². The minimum Gasteiger partial charge on any atom is -0.326 e. The predicted octanol–water partition coefficient (Wildman–Crippen LogP) is 3.41. The number of anilines is 2. The molecule has 0 bridgehead atoms. The molecular formula is C19H19FN2O3. The van der Waals surface area contributed by atoms with Crippen LogP contribution >= 0.6 is 0 Å². The van der Waals surface area contributed by atoms with Gasteiger partial charge in [0.2, 0.25) is 11.8 Å². The molecule has 0 radical (unpaired) electrons. The van der Waals surface area contributed by atoms with Crippen molar-refractivity contribution in [1.82, 2.24) is 0 Å². The number of ketones is 1. The summed E-state index contributed by atoms with van der Waals surface area (Å²) in [4.78, 5) is 36.6. The smallest absolute Gasteiger partial charge is 0.226 e. The van der Waals surface area contributed by atoms with Gasteiger partial charge in [-0.05, 0) is 37.3 Å². The van der Waals surface area contributed by atoms with E-state index in [1.807, 2.05) is 0 Å². The van der Waals surface area contributed by atoms with Crippen LogP contribution in [0.2, 0.25) is 0 Å². The van der Waals surface area contributed by atoms with E-state index in [0.717, 1.165) is 0 Å². The van der Waals surface area contributed by atoms with E-state index < -0.39 is 5.82 Å². The molecular weight excluding hydrogens is 323 g/mol. The average molecular weight is 342 g/mol. The Bertz CT molecular complexity index is 805. The lowest BCUT2D eigenvalue weighted by Gasteiger charge is -2.21. The fourth-order valence-corrected chi connectivity index (χ4v) is 2.37. The van der Waals surface area contributed by atoms with Gasteiger partial charge in [-0.1, -0.05) is 18.2 Å². The van der Waals surface area contributed by atoms with Crippen LogP contribution in [0.25, 0.3) is 0 Å². The van der Waals surface area contributed by atoms with E-state index in [1.54, 1.807) is 30.3 Å². The number of Topliss-reactive ketones (excluding diaryl/α,β-unsaturated/α-hetero) is 1. The normalized spacial score (nSPS) is 10.2. The number of carbonyl (C=O) groups excluding carboxylic acids is 3. The summed E-state index contributed by atoms with van der Waals surface area (Å²) in [6.45, 7) is 2.93. The fourth-order valence-electron chi connectivity index (χ4n) is 2.37. The predicted molar refractivity (Wildman–Crippen MR) is 94.1 cm³/mol. The van der Waals surface area contributed by atoms with E-state index in [1.165, 1.54) is 36.9 Å². The Balaban J connectivity index is 2.01. The molecule has 2 aromatic rings. The summed E-state index contributed by atoms with van der Waals surface area (Å²) in [5.41, 5.74) is 1.42. The fraction of sp³-hybridized carbons (Fsp3) is 0.211. The van der Waals surface area contributed by atoms with Crippen LogP contribution in [0.5, 0.6) is 0 Å². The zero-order valence-corrected chi connectivity index (χ0v) is 14.1. The summed E-state index contributed by atoms with van der Waals surface area (Å²) in [6, 6.07) is 12.3. The molecule has 25 heavy (non-hydrogen) atoms. The zero-order chi connectivity index (χ0) is 18.4. The van der Waals surface area contributed by atoms with Gasteiger partial charge in [0.05, 0.1) is 0 Å². The van der Waals surface area contributed by atoms with E-state index in [-0.39, 0.29) is 30.6 Å². The quantitative estimate of drug-likeness (QED) is 0.818. The van der Waals surface area contributed by atoms with Crippen LogP contribution in [-0.4, -0.2) is 24.1 Å². The highest BCUT2D eigenvalue weighted by molar-refractivity contribution is 5.97. The average Bonchev–Trinajstić information content (AvgIpc) is 2.55. The number of rotatable bonds is 6. The second kappa shape index (κ2) is 8.19. The summed E-state index contributed by atoms with van der Waals surface area (Å²) >= 11 is 0. The van der Waals surface area contributed by atoms with Gasteiger partial charge in [-0.2, -0.15) is 0 Å². The maximum atomic E-state index is 13.3. The van der Waals surface area contributed by atoms with Crippen LogP contribution in [0.4, 0.5) is 15.8 Å². The topological polar surface area (TPSA) is 66.5 Å². The maximum absolute atomic E-state index is 13.3. The van der Waals surface area contributed by atoms with E-state index >= 15 is 0 Å². The van der Waals surface area contributed by atoms with Crippen molar-refractivity contribution in [1.29, 1.82) is 0 Å². The van der Waals surface area contributed by atoms with Crippen molar-refractivity contribution in [2.45, 2.75) is 20.3 Å². The van der Waals surface area contributed by atoms with E-state index in [9.17, 15) is 18.8 Å². The third-order valence-electron chi connectivity index (χ3n) is 3.62. The molecule has 0 aliphatic heterocycles. The Morgan fingerprint density at radius 2 is 1.76 bits per heavy atom. The standard InChI is InChI=1S/C19H19FN2O3/c1-13(23)15-5-3-7-17(11-15)21-19(25)9-10-22(14(2)24)18-8-4-6-16(20)12-18/h3-8,11-12H,9-10H2,1-2H3,(H,21,25). The number of amides is 2. The molecule has 0 unspecified atom stereocenters. The maximum Gasteiger partial charge on any atom is 0.226 e. The molecule has 0 aromatic heterocycles. The van der Waals surface area contributed by atoms with Gasteiger partial charge in [-0.15, -0.1) is 0 Å². The van der Waals surface area contributed by atoms with Crippen LogP contribution in [0.1, 0.15) is 30.6 Å². The van der Waals surface area contributed by atoms with E-state index in [4.69, 9.17) is 0 Å². The molecule has 0 saturated heterocycles. The summed E-state index contributed by atoms with van der Waals surface area (Å²) in [5, 5.41) is 2.69. The lowest BCUT2D eigenvalue weighted by molar-refractivity contribution is -0.117. The molecule has 0 spiro atoms. The summed E-state index contributed by atoms with van der Waals surface area (Å²) in [7, 11) is 0. The van der Waals surface area contributed by atoms with Crippen LogP contribution in [-0.2, 0) is 9.59 Å². The Hall–Kier alpha value is -3.02. The number of halogens is 1. The molecule has 0 aliphatic rings. The van der Waals surface area contributed by atoms with Gasteiger partial charge in [-0.3, -0.25) is 14.4 Å². The molecule has 0 fully saturated rings. The molecule has 0 saturated carbocycles. The number of nitrogens with one attached hydrogen (secondary N) is 1. The SMILES string of the molecule is CC(=O)c1cccc(NC(=O)CCN(C(C)=O)c2cccc(F)c2)c1. The number of benzene rings is 2. The summed E-state index contributed by atoms with van der Waals surface area (Å²) < 4.78 is 13.3. The molecule has 0 aliphatic carbocycles. The lowest BCUT2D eigenvalue weighted by Crippen LogP contribution is -2.32. The number of hydrogen-bond donors (Lipinski definition) is 1. The monoisotopic (exact) mass is 342 g/mol. The van der Waals surface area contributed by atoms with Gasteiger partial charge < -0.3 is 10.2 Å². The number of nitrogens with zero attached hydrogens (tertiary/aromatic N) is 1. The first-order valence-corrected chi connectivity index (χ1v) is 7.81. The Morgan fingerprint density at radius 1 is 1.04 bits per heavy atom. The first-order valence-electron chi connectivity index (χ1n) is 7.81. The Labute approximate surface area is 145 Å². The molecule has 5 nitrogen and oxygen atoms in total. The molecule has 130 valence electrons. The third-order valence-corrected chi connectivity index (χ3v) is 3.62. The summed E-state index contributed by atoms with van der Waals surface area (Å²) in [6.07, 6.45) is 0.0421. The van der Waals surface area contributed by atoms with E-state index in [2.05, 4.69) is 5.32 Å². The van der Waals surface area contributed by atoms with E-state index in [0.29, 0.717) is 16.9 Å². The number of carbonyl (C=O) groups is 3. The minimum atomic E-state index is -0.450. The largest absolute Gasteiger partial charge is 0.326 e. The number of hydrogen-bond acceptors (Lipinski definition) is 3. The third kappa shape index (κ3) is 5.24. The molecule has 2 rings (SSSR count). The molecule has 6 heteroatoms. The van der Waals surface area contributed by atoms with Crippen molar-refractivity contribution in [3.8, 4) is 0 Å². The molecule has 1 N–H and O–H groups in total. The Morgan fingerprint density at radius 3 is 2.40 bits per heavy atom. The van der Waals surface area contributed by atoms with Crippen molar-refractivity contribution >= 4 is 29.0 Å². The summed E-state index contributed by atoms with van der Waals surface area (Å²) in [5.74, 6) is -1.13. The highest BCUT2D eigenvalue weighted by Crippen LogP contribution is 2.17. The minimum absolute atomic E-state index is 0.0421. The first-order chi connectivity index (χ1) is 11.9. The molecule has 2 aromatic carbocycles. The van der Waals surface area contributed by atoms with Gasteiger partial charge >= 0.3 is 0 Å². The van der Waals surface area contributed by atoms with Gasteiger partial charge in [-0.25, -0.2) is 4.39 Å². The molecule has 0 heterocycles. The Kier molecular flexibility index (Phi) is 6.00. The van der Waals surface area contributed by atoms with Crippen molar-refractivity contribution in [2.24, 2.45) is 0 Å². The van der Waals surface area contributed by atoms with Crippen LogP contribution in [0.3, 0.4) is 0 Å². The van der Waals surface area contributed by atoms with Gasteiger partial charge in [0.15, 0.2) is 5.78 Å². The highest BCUT2D eigenvalue weighted by atomic mass is 19.1. The van der Waals surface area contributed by atoms with Crippen molar-refractivity contribution in [2.75, 3.05) is 16.8 Å². The van der Waals surface area contributed by atoms with Crippen LogP contribution < -0.4 is 10.2 Å². The van der Waals surface area contributed by atoms with Crippen LogP contribution in [0.15, 0.2) is 48.5 Å². The second-order valence-electron chi connectivity index (χ2n) is 5.59. The second-order valence-corrected chi connectivity index (χ2v) is 5.59. The zero-order valence-electron chi connectivity index (χ0n) is 14.1. The molecule has 0 atom stereocenters. The van der Waals surface area contributed by atoms with Gasteiger partial charge in [0, 0.05) is 36.8 Å². The van der Waals surface area contributed by atoms with Gasteiger partial charge in [0.1, 0.15) is 5.82 Å². The van der Waals surface area contributed by atoms with Crippen molar-refractivity contribution in [3.63, 3.8) is 0 Å². The van der Waals surface area contributed by atoms with Crippen LogP contribution in [0, 0.1) is 5.82 Å².